The molecule has 0 aromatic heterocycles. The topological polar surface area (TPSA) is 32.3 Å². The van der Waals surface area contributed by atoms with Gasteiger partial charge in [-0.25, -0.2) is 4.79 Å². The van der Waals surface area contributed by atoms with E-state index in [4.69, 9.17) is 0 Å². The Hall–Kier alpha value is -0.990. The zero-order chi connectivity index (χ0) is 8.97. The van der Waals surface area contributed by atoms with Crippen LogP contribution in [0.3, 0.4) is 0 Å². The minimum Gasteiger partial charge on any atom is -0.332 e. The van der Waals surface area contributed by atoms with E-state index in [9.17, 15) is 4.79 Å². The van der Waals surface area contributed by atoms with Gasteiger partial charge in [0.1, 0.15) is 0 Å². The molecule has 12 heavy (non-hydrogen) atoms. The molecule has 0 bridgehead atoms. The van der Waals surface area contributed by atoms with Crippen LogP contribution in [0.2, 0.25) is 0 Å². The van der Waals surface area contributed by atoms with Crippen molar-refractivity contribution in [3.63, 3.8) is 0 Å². The van der Waals surface area contributed by atoms with Crippen molar-refractivity contribution in [3.8, 4) is 0 Å². The first-order valence-corrected chi connectivity index (χ1v) is 4.34. The second-order valence-electron chi connectivity index (χ2n) is 3.31. The maximum atomic E-state index is 11.2. The van der Waals surface area contributed by atoms with Gasteiger partial charge in [0.2, 0.25) is 0 Å². The summed E-state index contributed by atoms with van der Waals surface area (Å²) in [5.41, 5.74) is 0. The van der Waals surface area contributed by atoms with Gasteiger partial charge in [0.05, 0.1) is 0 Å². The molecule has 1 rings (SSSR count). The highest BCUT2D eigenvalue weighted by Gasteiger charge is 2.11. The summed E-state index contributed by atoms with van der Waals surface area (Å²) in [4.78, 5) is 12.7. The lowest BCUT2D eigenvalue weighted by atomic mass is 10.0. The third-order valence-electron chi connectivity index (χ3n) is 1.97. The Morgan fingerprint density at radius 2 is 2.33 bits per heavy atom. The lowest BCUT2D eigenvalue weighted by Gasteiger charge is -2.20. The smallest absolute Gasteiger partial charge is 0.317 e. The van der Waals surface area contributed by atoms with Crippen molar-refractivity contribution >= 4 is 6.03 Å². The highest BCUT2D eigenvalue weighted by molar-refractivity contribution is 5.74. The van der Waals surface area contributed by atoms with Crippen LogP contribution in [0.5, 0.6) is 0 Å². The molecule has 68 valence electrons. The summed E-state index contributed by atoms with van der Waals surface area (Å²) in [5.74, 6) is 0. The predicted octanol–water partition coefficient (Wildman–Crippen LogP) is 1.37. The van der Waals surface area contributed by atoms with Crippen LogP contribution >= 0.6 is 0 Å². The second-order valence-corrected chi connectivity index (χ2v) is 3.31. The van der Waals surface area contributed by atoms with Crippen LogP contribution in [0.1, 0.15) is 19.3 Å². The van der Waals surface area contributed by atoms with Crippen molar-refractivity contribution in [2.75, 3.05) is 14.1 Å². The highest BCUT2D eigenvalue weighted by Crippen LogP contribution is 2.09. The Balaban J connectivity index is 2.35. The Kier molecular flexibility index (Phi) is 3.14. The predicted molar refractivity (Wildman–Crippen MR) is 49.0 cm³/mol. The molecular formula is C9H16N2O. The maximum Gasteiger partial charge on any atom is 0.317 e. The van der Waals surface area contributed by atoms with Gasteiger partial charge in [-0.15, -0.1) is 0 Å². The molecule has 0 saturated heterocycles. The molecule has 1 atom stereocenters. The van der Waals surface area contributed by atoms with E-state index < -0.39 is 0 Å². The molecule has 1 unspecified atom stereocenters. The van der Waals surface area contributed by atoms with E-state index in [1.54, 1.807) is 19.0 Å². The van der Waals surface area contributed by atoms with Crippen molar-refractivity contribution < 1.29 is 4.79 Å². The van der Waals surface area contributed by atoms with Crippen LogP contribution in [0.25, 0.3) is 0 Å². The molecule has 1 N–H and O–H groups in total. The van der Waals surface area contributed by atoms with Gasteiger partial charge in [-0.05, 0) is 19.3 Å². The van der Waals surface area contributed by atoms with Gasteiger partial charge in [-0.2, -0.15) is 0 Å². The number of rotatable bonds is 1. The molecule has 0 saturated carbocycles. The number of urea groups is 1. The second kappa shape index (κ2) is 4.14. The third kappa shape index (κ3) is 2.57. The van der Waals surface area contributed by atoms with E-state index in [0.717, 1.165) is 12.8 Å². The Bertz CT molecular complexity index is 187. The fourth-order valence-corrected chi connectivity index (χ4v) is 1.22. The molecule has 0 aliphatic heterocycles. The SMILES string of the molecule is CN(C)C(=O)NC1C=CCCC1. The van der Waals surface area contributed by atoms with E-state index in [1.165, 1.54) is 6.42 Å². The van der Waals surface area contributed by atoms with E-state index in [1.807, 2.05) is 0 Å². The normalized spacial score (nSPS) is 22.0. The molecule has 1 aliphatic carbocycles. The zero-order valence-corrected chi connectivity index (χ0v) is 7.71. The first-order valence-electron chi connectivity index (χ1n) is 4.34. The summed E-state index contributed by atoms with van der Waals surface area (Å²) in [6.45, 7) is 0. The van der Waals surface area contributed by atoms with Crippen LogP contribution in [-0.4, -0.2) is 31.1 Å². The average molecular weight is 168 g/mol. The number of hydrogen-bond donors (Lipinski definition) is 1. The summed E-state index contributed by atoms with van der Waals surface area (Å²) in [6.07, 6.45) is 7.59. The summed E-state index contributed by atoms with van der Waals surface area (Å²) in [6, 6.07) is 0.236. The molecule has 0 spiro atoms. The van der Waals surface area contributed by atoms with Gasteiger partial charge >= 0.3 is 6.03 Å². The van der Waals surface area contributed by atoms with Gasteiger partial charge in [0, 0.05) is 20.1 Å². The molecule has 0 radical (unpaired) electrons. The lowest BCUT2D eigenvalue weighted by Crippen LogP contribution is -2.40. The van der Waals surface area contributed by atoms with Crippen LogP contribution in [0, 0.1) is 0 Å². The largest absolute Gasteiger partial charge is 0.332 e. The number of nitrogens with one attached hydrogen (secondary N) is 1. The number of nitrogens with zero attached hydrogens (tertiary/aromatic N) is 1. The summed E-state index contributed by atoms with van der Waals surface area (Å²) >= 11 is 0. The molecule has 3 nitrogen and oxygen atoms in total. The van der Waals surface area contributed by atoms with Crippen LogP contribution < -0.4 is 5.32 Å². The van der Waals surface area contributed by atoms with E-state index in [-0.39, 0.29) is 12.1 Å². The molecule has 0 fully saturated rings. The average Bonchev–Trinajstić information content (AvgIpc) is 2.06. The van der Waals surface area contributed by atoms with Gasteiger partial charge in [-0.3, -0.25) is 0 Å². The molecule has 0 heterocycles. The lowest BCUT2D eigenvalue weighted by molar-refractivity contribution is 0.214. The van der Waals surface area contributed by atoms with E-state index in [2.05, 4.69) is 17.5 Å². The Morgan fingerprint density at radius 1 is 1.58 bits per heavy atom. The standard InChI is InChI=1S/C9H16N2O/c1-11(2)9(12)10-8-6-4-3-5-7-8/h4,6,8H,3,5,7H2,1-2H3,(H,10,12). The van der Waals surface area contributed by atoms with Crippen molar-refractivity contribution in [2.24, 2.45) is 0 Å². The van der Waals surface area contributed by atoms with Crippen molar-refractivity contribution in [1.82, 2.24) is 10.2 Å². The van der Waals surface area contributed by atoms with E-state index >= 15 is 0 Å². The Morgan fingerprint density at radius 3 is 2.83 bits per heavy atom. The molecule has 1 aliphatic rings. The monoisotopic (exact) mass is 168 g/mol. The third-order valence-corrected chi connectivity index (χ3v) is 1.97. The molecule has 2 amide bonds. The number of carbonyl (C=O) groups excluding carboxylic acids is 1. The fraction of sp³-hybridized carbons (Fsp3) is 0.667. The minimum atomic E-state index is -0.00782. The van der Waals surface area contributed by atoms with E-state index in [0.29, 0.717) is 0 Å². The van der Waals surface area contributed by atoms with Crippen LogP contribution in [0.15, 0.2) is 12.2 Å². The first-order chi connectivity index (χ1) is 5.70. The van der Waals surface area contributed by atoms with Gasteiger partial charge < -0.3 is 10.2 Å². The fourth-order valence-electron chi connectivity index (χ4n) is 1.22. The van der Waals surface area contributed by atoms with Crippen molar-refractivity contribution in [2.45, 2.75) is 25.3 Å². The summed E-state index contributed by atoms with van der Waals surface area (Å²) in [5, 5.41) is 2.92. The van der Waals surface area contributed by atoms with Crippen LogP contribution in [-0.2, 0) is 0 Å². The minimum absolute atomic E-state index is 0.00782. The van der Waals surface area contributed by atoms with Crippen molar-refractivity contribution in [1.29, 1.82) is 0 Å². The molecule has 0 aromatic rings. The summed E-state index contributed by atoms with van der Waals surface area (Å²) in [7, 11) is 3.50. The number of hydrogen-bond acceptors (Lipinski definition) is 1. The number of carbonyl (C=O) groups is 1. The first kappa shape index (κ1) is 9.10. The molecular weight excluding hydrogens is 152 g/mol. The molecule has 0 aromatic carbocycles. The quantitative estimate of drug-likeness (QED) is 0.589. The molecule has 3 heteroatoms. The highest BCUT2D eigenvalue weighted by atomic mass is 16.2. The van der Waals surface area contributed by atoms with Gasteiger partial charge in [0.15, 0.2) is 0 Å². The zero-order valence-electron chi connectivity index (χ0n) is 7.71. The number of amides is 2. The van der Waals surface area contributed by atoms with Crippen molar-refractivity contribution in [3.05, 3.63) is 12.2 Å². The number of allylic oxidation sites excluding steroid dienone is 1. The van der Waals surface area contributed by atoms with Gasteiger partial charge in [-0.1, -0.05) is 12.2 Å². The Labute approximate surface area is 73.4 Å². The van der Waals surface area contributed by atoms with Crippen LogP contribution in [0.4, 0.5) is 4.79 Å². The summed E-state index contributed by atoms with van der Waals surface area (Å²) < 4.78 is 0. The maximum absolute atomic E-state index is 11.2. The van der Waals surface area contributed by atoms with Gasteiger partial charge in [0.25, 0.3) is 0 Å².